The zero-order valence-corrected chi connectivity index (χ0v) is 9.45. The lowest BCUT2D eigenvalue weighted by Gasteiger charge is -2.12. The summed E-state index contributed by atoms with van der Waals surface area (Å²) in [6.07, 6.45) is 3.57. The SMILES string of the molecule is C=COCCCNC(C)c1ccc(F)cn1. The second-order valence-electron chi connectivity index (χ2n) is 3.47. The van der Waals surface area contributed by atoms with Crippen molar-refractivity contribution in [3.63, 3.8) is 0 Å². The fraction of sp³-hybridized carbons (Fsp3) is 0.417. The number of nitrogens with zero attached hydrogens (tertiary/aromatic N) is 1. The molecule has 1 aromatic rings. The summed E-state index contributed by atoms with van der Waals surface area (Å²) in [6.45, 7) is 6.94. The quantitative estimate of drug-likeness (QED) is 0.570. The molecule has 1 N–H and O–H groups in total. The van der Waals surface area contributed by atoms with E-state index in [1.165, 1.54) is 18.5 Å². The van der Waals surface area contributed by atoms with Crippen LogP contribution in [0.25, 0.3) is 0 Å². The Hall–Kier alpha value is -1.42. The average molecular weight is 224 g/mol. The van der Waals surface area contributed by atoms with Gasteiger partial charge in [-0.1, -0.05) is 6.58 Å². The largest absolute Gasteiger partial charge is 0.502 e. The Kier molecular flexibility index (Phi) is 5.50. The lowest BCUT2D eigenvalue weighted by atomic mass is 10.2. The molecule has 1 unspecified atom stereocenters. The molecule has 0 saturated carbocycles. The van der Waals surface area contributed by atoms with E-state index in [0.717, 1.165) is 18.7 Å². The molecule has 0 aliphatic carbocycles. The molecule has 4 heteroatoms. The van der Waals surface area contributed by atoms with Gasteiger partial charge in [-0.3, -0.25) is 4.98 Å². The molecule has 0 saturated heterocycles. The first-order valence-corrected chi connectivity index (χ1v) is 5.31. The van der Waals surface area contributed by atoms with E-state index >= 15 is 0 Å². The van der Waals surface area contributed by atoms with E-state index in [2.05, 4.69) is 16.9 Å². The Balaban J connectivity index is 2.26. The third-order valence-electron chi connectivity index (χ3n) is 2.20. The minimum absolute atomic E-state index is 0.115. The van der Waals surface area contributed by atoms with Crippen LogP contribution in [0.5, 0.6) is 0 Å². The zero-order valence-electron chi connectivity index (χ0n) is 9.45. The average Bonchev–Trinajstić information content (AvgIpc) is 2.29. The van der Waals surface area contributed by atoms with Crippen molar-refractivity contribution in [3.05, 3.63) is 42.7 Å². The van der Waals surface area contributed by atoms with E-state index in [1.54, 1.807) is 6.07 Å². The molecule has 0 fully saturated rings. The fourth-order valence-corrected chi connectivity index (χ4v) is 1.31. The number of rotatable bonds is 7. The summed E-state index contributed by atoms with van der Waals surface area (Å²) in [4.78, 5) is 4.01. The highest BCUT2D eigenvalue weighted by molar-refractivity contribution is 5.08. The molecule has 0 aliphatic heterocycles. The number of aromatic nitrogens is 1. The summed E-state index contributed by atoms with van der Waals surface area (Å²) < 4.78 is 17.6. The summed E-state index contributed by atoms with van der Waals surface area (Å²) in [5, 5.41) is 3.28. The van der Waals surface area contributed by atoms with Gasteiger partial charge in [0, 0.05) is 6.04 Å². The molecule has 88 valence electrons. The Morgan fingerprint density at radius 3 is 3.06 bits per heavy atom. The van der Waals surface area contributed by atoms with Gasteiger partial charge in [0.15, 0.2) is 0 Å². The lowest BCUT2D eigenvalue weighted by Crippen LogP contribution is -2.21. The number of hydrogen-bond donors (Lipinski definition) is 1. The van der Waals surface area contributed by atoms with E-state index in [-0.39, 0.29) is 11.9 Å². The van der Waals surface area contributed by atoms with Crippen LogP contribution in [-0.2, 0) is 4.74 Å². The van der Waals surface area contributed by atoms with Crippen LogP contribution in [0.1, 0.15) is 25.1 Å². The Bertz CT molecular complexity index is 313. The number of nitrogens with one attached hydrogen (secondary N) is 1. The highest BCUT2D eigenvalue weighted by Gasteiger charge is 2.05. The maximum Gasteiger partial charge on any atom is 0.141 e. The van der Waals surface area contributed by atoms with Gasteiger partial charge in [0.2, 0.25) is 0 Å². The normalized spacial score (nSPS) is 12.1. The number of ether oxygens (including phenoxy) is 1. The van der Waals surface area contributed by atoms with Gasteiger partial charge >= 0.3 is 0 Å². The van der Waals surface area contributed by atoms with Gasteiger partial charge in [-0.2, -0.15) is 0 Å². The van der Waals surface area contributed by atoms with Gasteiger partial charge in [0.25, 0.3) is 0 Å². The van der Waals surface area contributed by atoms with E-state index < -0.39 is 0 Å². The van der Waals surface area contributed by atoms with Gasteiger partial charge in [-0.05, 0) is 32.0 Å². The molecule has 0 aliphatic rings. The van der Waals surface area contributed by atoms with Gasteiger partial charge < -0.3 is 10.1 Å². The van der Waals surface area contributed by atoms with Crippen LogP contribution >= 0.6 is 0 Å². The molecular weight excluding hydrogens is 207 g/mol. The predicted molar refractivity (Wildman–Crippen MR) is 61.4 cm³/mol. The maximum absolute atomic E-state index is 12.6. The van der Waals surface area contributed by atoms with Gasteiger partial charge in [0.1, 0.15) is 5.82 Å². The Morgan fingerprint density at radius 2 is 2.44 bits per heavy atom. The lowest BCUT2D eigenvalue weighted by molar-refractivity contribution is 0.243. The van der Waals surface area contributed by atoms with Crippen molar-refractivity contribution in [3.8, 4) is 0 Å². The van der Waals surface area contributed by atoms with Gasteiger partial charge in [-0.25, -0.2) is 4.39 Å². The first-order chi connectivity index (χ1) is 7.74. The van der Waals surface area contributed by atoms with Crippen molar-refractivity contribution in [2.24, 2.45) is 0 Å². The molecule has 0 aromatic carbocycles. The number of pyridine rings is 1. The first kappa shape index (κ1) is 12.6. The van der Waals surface area contributed by atoms with E-state index in [0.29, 0.717) is 6.61 Å². The highest BCUT2D eigenvalue weighted by atomic mass is 19.1. The molecule has 0 amide bonds. The topological polar surface area (TPSA) is 34.1 Å². The summed E-state index contributed by atoms with van der Waals surface area (Å²) in [6, 6.07) is 3.22. The van der Waals surface area contributed by atoms with Crippen LogP contribution < -0.4 is 5.32 Å². The zero-order chi connectivity index (χ0) is 11.8. The second-order valence-corrected chi connectivity index (χ2v) is 3.47. The third-order valence-corrected chi connectivity index (χ3v) is 2.20. The summed E-state index contributed by atoms with van der Waals surface area (Å²) in [5.74, 6) is -0.310. The Labute approximate surface area is 95.3 Å². The number of halogens is 1. The highest BCUT2D eigenvalue weighted by Crippen LogP contribution is 2.08. The molecule has 0 bridgehead atoms. The van der Waals surface area contributed by atoms with E-state index in [4.69, 9.17) is 4.74 Å². The van der Waals surface area contributed by atoms with Crippen LogP contribution in [-0.4, -0.2) is 18.1 Å². The molecule has 3 nitrogen and oxygen atoms in total. The summed E-state index contributed by atoms with van der Waals surface area (Å²) in [5.41, 5.74) is 0.839. The molecular formula is C12H17FN2O. The minimum Gasteiger partial charge on any atom is -0.502 e. The van der Waals surface area contributed by atoms with Crippen molar-refractivity contribution in [2.45, 2.75) is 19.4 Å². The van der Waals surface area contributed by atoms with Crippen LogP contribution in [0.2, 0.25) is 0 Å². The van der Waals surface area contributed by atoms with E-state index in [9.17, 15) is 4.39 Å². The second kappa shape index (κ2) is 6.95. The maximum atomic E-state index is 12.6. The smallest absolute Gasteiger partial charge is 0.141 e. The van der Waals surface area contributed by atoms with Gasteiger partial charge in [-0.15, -0.1) is 0 Å². The Morgan fingerprint density at radius 1 is 1.62 bits per heavy atom. The molecule has 1 atom stereocenters. The number of hydrogen-bond acceptors (Lipinski definition) is 3. The van der Waals surface area contributed by atoms with Crippen LogP contribution in [0.15, 0.2) is 31.2 Å². The van der Waals surface area contributed by atoms with Crippen molar-refractivity contribution >= 4 is 0 Å². The summed E-state index contributed by atoms with van der Waals surface area (Å²) in [7, 11) is 0. The molecule has 0 spiro atoms. The van der Waals surface area contributed by atoms with Crippen LogP contribution in [0.4, 0.5) is 4.39 Å². The van der Waals surface area contributed by atoms with E-state index in [1.807, 2.05) is 6.92 Å². The molecule has 1 heterocycles. The first-order valence-electron chi connectivity index (χ1n) is 5.31. The molecule has 16 heavy (non-hydrogen) atoms. The summed E-state index contributed by atoms with van der Waals surface area (Å²) >= 11 is 0. The van der Waals surface area contributed by atoms with Crippen molar-refractivity contribution < 1.29 is 9.13 Å². The third kappa shape index (κ3) is 4.40. The molecule has 1 rings (SSSR count). The van der Waals surface area contributed by atoms with Crippen molar-refractivity contribution in [2.75, 3.05) is 13.2 Å². The fourth-order valence-electron chi connectivity index (χ4n) is 1.31. The predicted octanol–water partition coefficient (Wildman–Crippen LogP) is 2.42. The molecule has 1 aromatic heterocycles. The van der Waals surface area contributed by atoms with Crippen molar-refractivity contribution in [1.29, 1.82) is 0 Å². The van der Waals surface area contributed by atoms with Gasteiger partial charge in [0.05, 0.1) is 24.8 Å². The van der Waals surface area contributed by atoms with Crippen LogP contribution in [0.3, 0.4) is 0 Å². The monoisotopic (exact) mass is 224 g/mol. The standard InChI is InChI=1S/C12H17FN2O/c1-3-16-8-4-7-14-10(2)12-6-5-11(13)9-15-12/h3,5-6,9-10,14H,1,4,7-8H2,2H3. The van der Waals surface area contributed by atoms with Crippen molar-refractivity contribution in [1.82, 2.24) is 10.3 Å². The van der Waals surface area contributed by atoms with Crippen LogP contribution in [0, 0.1) is 5.82 Å². The molecule has 0 radical (unpaired) electrons. The minimum atomic E-state index is -0.310.